The zero-order chi connectivity index (χ0) is 21.1. The number of rotatable bonds is 6. The van der Waals surface area contributed by atoms with E-state index in [-0.39, 0.29) is 0 Å². The van der Waals surface area contributed by atoms with Gasteiger partial charge in [-0.1, -0.05) is 43.6 Å². The number of fused-ring (bicyclic) bond motifs is 1. The third-order valence-corrected chi connectivity index (χ3v) is 5.90. The van der Waals surface area contributed by atoms with Gasteiger partial charge in [-0.15, -0.1) is 0 Å². The third-order valence-electron chi connectivity index (χ3n) is 5.57. The summed E-state index contributed by atoms with van der Waals surface area (Å²) in [7, 11) is 0. The van der Waals surface area contributed by atoms with E-state index in [0.29, 0.717) is 11.8 Å². The van der Waals surface area contributed by atoms with Gasteiger partial charge in [-0.3, -0.25) is 9.97 Å². The number of hydrogen-bond donors (Lipinski definition) is 1. The normalized spacial score (nSPS) is 13.2. The molecular formula is C24H24ClN5. The SMILES string of the molecule is Cc1ccc(-c2cc(NC[C@@H](C)C(C)c3cccc4c(Cl)ccnc34)ncn2)cn1. The van der Waals surface area contributed by atoms with Crippen molar-refractivity contribution in [3.63, 3.8) is 0 Å². The van der Waals surface area contributed by atoms with E-state index in [0.717, 1.165) is 45.2 Å². The first kappa shape index (κ1) is 20.2. The van der Waals surface area contributed by atoms with E-state index in [1.165, 1.54) is 5.56 Å². The van der Waals surface area contributed by atoms with Crippen LogP contribution in [0.25, 0.3) is 22.2 Å². The molecule has 5 nitrogen and oxygen atoms in total. The number of aryl methyl sites for hydroxylation is 1. The zero-order valence-electron chi connectivity index (χ0n) is 17.3. The van der Waals surface area contributed by atoms with Gasteiger partial charge in [0.1, 0.15) is 12.1 Å². The monoisotopic (exact) mass is 417 g/mol. The predicted molar refractivity (Wildman–Crippen MR) is 123 cm³/mol. The van der Waals surface area contributed by atoms with Crippen molar-refractivity contribution >= 4 is 28.3 Å². The van der Waals surface area contributed by atoms with Gasteiger partial charge in [-0.05, 0) is 42.5 Å². The van der Waals surface area contributed by atoms with Crippen LogP contribution in [0.2, 0.25) is 5.02 Å². The molecule has 0 aliphatic heterocycles. The van der Waals surface area contributed by atoms with Crippen molar-refractivity contribution in [3.05, 3.63) is 77.5 Å². The molecule has 3 aromatic heterocycles. The molecule has 0 saturated heterocycles. The predicted octanol–water partition coefficient (Wildman–Crippen LogP) is 5.90. The Labute approximate surface area is 181 Å². The maximum absolute atomic E-state index is 6.36. The Hall–Kier alpha value is -3.05. The minimum Gasteiger partial charge on any atom is -0.370 e. The van der Waals surface area contributed by atoms with Gasteiger partial charge in [0.15, 0.2) is 0 Å². The summed E-state index contributed by atoms with van der Waals surface area (Å²) in [6.07, 6.45) is 5.19. The number of nitrogens with one attached hydrogen (secondary N) is 1. The van der Waals surface area contributed by atoms with Gasteiger partial charge in [0.25, 0.3) is 0 Å². The minimum atomic E-state index is 0.301. The number of para-hydroxylation sites is 1. The van der Waals surface area contributed by atoms with Gasteiger partial charge in [-0.25, -0.2) is 9.97 Å². The molecule has 2 atom stereocenters. The Bertz CT molecular complexity index is 1160. The van der Waals surface area contributed by atoms with Gasteiger partial charge in [0.2, 0.25) is 0 Å². The van der Waals surface area contributed by atoms with E-state index in [4.69, 9.17) is 11.6 Å². The van der Waals surface area contributed by atoms with Crippen LogP contribution in [0.15, 0.2) is 61.2 Å². The maximum Gasteiger partial charge on any atom is 0.129 e. The lowest BCUT2D eigenvalue weighted by Crippen LogP contribution is -2.18. The van der Waals surface area contributed by atoms with Crippen LogP contribution >= 0.6 is 11.6 Å². The molecule has 0 bridgehead atoms. The average Bonchev–Trinajstić information content (AvgIpc) is 2.77. The highest BCUT2D eigenvalue weighted by atomic mass is 35.5. The van der Waals surface area contributed by atoms with Crippen LogP contribution in [0.4, 0.5) is 5.82 Å². The molecule has 0 saturated carbocycles. The molecule has 1 N–H and O–H groups in total. The average molecular weight is 418 g/mol. The standard InChI is InChI=1S/C24H24ClN5/c1-15(17(3)19-5-4-6-20-21(25)9-10-26-24(19)20)12-28-23-11-22(29-14-30-23)18-8-7-16(2)27-13-18/h4-11,13-15,17H,12H2,1-3H3,(H,28,29,30)/t15-,17?/m1/s1. The number of benzene rings is 1. The van der Waals surface area contributed by atoms with Crippen LogP contribution in [0, 0.1) is 12.8 Å². The first-order valence-electron chi connectivity index (χ1n) is 10.0. The van der Waals surface area contributed by atoms with Crippen molar-refractivity contribution in [2.24, 2.45) is 5.92 Å². The first-order valence-corrected chi connectivity index (χ1v) is 10.4. The van der Waals surface area contributed by atoms with E-state index in [9.17, 15) is 0 Å². The summed E-state index contributed by atoms with van der Waals surface area (Å²) in [5.41, 5.74) is 5.00. The molecule has 0 aliphatic carbocycles. The van der Waals surface area contributed by atoms with Crippen LogP contribution in [0.3, 0.4) is 0 Å². The molecule has 6 heteroatoms. The minimum absolute atomic E-state index is 0.301. The Morgan fingerprint density at radius 1 is 1.00 bits per heavy atom. The largest absolute Gasteiger partial charge is 0.370 e. The molecule has 0 radical (unpaired) electrons. The first-order chi connectivity index (χ1) is 14.5. The fourth-order valence-electron chi connectivity index (χ4n) is 3.51. The van der Waals surface area contributed by atoms with Crippen LogP contribution in [-0.2, 0) is 0 Å². The maximum atomic E-state index is 6.36. The topological polar surface area (TPSA) is 63.6 Å². The Balaban J connectivity index is 1.49. The number of anilines is 1. The fraction of sp³-hybridized carbons (Fsp3) is 0.250. The molecule has 1 aromatic carbocycles. The summed E-state index contributed by atoms with van der Waals surface area (Å²) < 4.78 is 0. The Kier molecular flexibility index (Phi) is 5.91. The molecule has 4 rings (SSSR count). The van der Waals surface area contributed by atoms with Crippen LogP contribution in [0.1, 0.15) is 31.0 Å². The van der Waals surface area contributed by atoms with Crippen molar-refractivity contribution in [1.82, 2.24) is 19.9 Å². The zero-order valence-corrected chi connectivity index (χ0v) is 18.1. The second kappa shape index (κ2) is 8.76. The van der Waals surface area contributed by atoms with Gasteiger partial charge in [0.05, 0.1) is 16.2 Å². The molecule has 0 fully saturated rings. The van der Waals surface area contributed by atoms with E-state index in [1.807, 2.05) is 49.5 Å². The lowest BCUT2D eigenvalue weighted by Gasteiger charge is -2.22. The Morgan fingerprint density at radius 2 is 1.87 bits per heavy atom. The lowest BCUT2D eigenvalue weighted by molar-refractivity contribution is 0.513. The Morgan fingerprint density at radius 3 is 2.67 bits per heavy atom. The number of aromatic nitrogens is 4. The van der Waals surface area contributed by atoms with Crippen molar-refractivity contribution in [2.75, 3.05) is 11.9 Å². The molecule has 0 spiro atoms. The second-order valence-electron chi connectivity index (χ2n) is 7.66. The number of hydrogen-bond acceptors (Lipinski definition) is 5. The number of nitrogens with zero attached hydrogens (tertiary/aromatic N) is 4. The van der Waals surface area contributed by atoms with Gasteiger partial charge < -0.3 is 5.32 Å². The molecular weight excluding hydrogens is 394 g/mol. The summed E-state index contributed by atoms with van der Waals surface area (Å²) >= 11 is 6.36. The highest BCUT2D eigenvalue weighted by Gasteiger charge is 2.18. The van der Waals surface area contributed by atoms with Crippen LogP contribution in [0.5, 0.6) is 0 Å². The molecule has 4 aromatic rings. The van der Waals surface area contributed by atoms with Crippen molar-refractivity contribution < 1.29 is 0 Å². The molecule has 1 unspecified atom stereocenters. The molecule has 3 heterocycles. The summed E-state index contributed by atoms with van der Waals surface area (Å²) in [5, 5.41) is 5.19. The third kappa shape index (κ3) is 4.26. The van der Waals surface area contributed by atoms with E-state index >= 15 is 0 Å². The number of pyridine rings is 2. The van der Waals surface area contributed by atoms with Gasteiger partial charge in [-0.2, -0.15) is 0 Å². The lowest BCUT2D eigenvalue weighted by atomic mass is 9.87. The van der Waals surface area contributed by atoms with E-state index in [2.05, 4.69) is 45.2 Å². The smallest absolute Gasteiger partial charge is 0.129 e. The summed E-state index contributed by atoms with van der Waals surface area (Å²) in [6.45, 7) is 7.21. The summed E-state index contributed by atoms with van der Waals surface area (Å²) in [6, 6.07) is 14.0. The van der Waals surface area contributed by atoms with Crippen molar-refractivity contribution in [3.8, 4) is 11.3 Å². The molecule has 0 amide bonds. The van der Waals surface area contributed by atoms with Gasteiger partial charge >= 0.3 is 0 Å². The fourth-order valence-corrected chi connectivity index (χ4v) is 3.72. The van der Waals surface area contributed by atoms with Crippen molar-refractivity contribution in [2.45, 2.75) is 26.7 Å². The summed E-state index contributed by atoms with van der Waals surface area (Å²) in [5.74, 6) is 1.46. The van der Waals surface area contributed by atoms with E-state index < -0.39 is 0 Å². The van der Waals surface area contributed by atoms with E-state index in [1.54, 1.807) is 12.5 Å². The highest BCUT2D eigenvalue weighted by Crippen LogP contribution is 2.32. The molecule has 30 heavy (non-hydrogen) atoms. The quantitative estimate of drug-likeness (QED) is 0.423. The van der Waals surface area contributed by atoms with Crippen LogP contribution in [-0.4, -0.2) is 26.5 Å². The highest BCUT2D eigenvalue weighted by molar-refractivity contribution is 6.35. The second-order valence-corrected chi connectivity index (χ2v) is 8.07. The van der Waals surface area contributed by atoms with Crippen LogP contribution < -0.4 is 5.32 Å². The molecule has 0 aliphatic rings. The molecule has 152 valence electrons. The number of halogens is 1. The van der Waals surface area contributed by atoms with Gasteiger partial charge in [0, 0.05) is 41.6 Å². The summed E-state index contributed by atoms with van der Waals surface area (Å²) in [4.78, 5) is 17.7. The van der Waals surface area contributed by atoms with Crippen molar-refractivity contribution in [1.29, 1.82) is 0 Å².